The van der Waals surface area contributed by atoms with E-state index in [1.807, 2.05) is 13.0 Å². The molecule has 106 valence electrons. The first-order valence-electron chi connectivity index (χ1n) is 6.31. The Kier molecular flexibility index (Phi) is 6.49. The van der Waals surface area contributed by atoms with Gasteiger partial charge in [-0.2, -0.15) is 0 Å². The number of benzene rings is 1. The highest BCUT2D eigenvalue weighted by atomic mass is 16.5. The van der Waals surface area contributed by atoms with Crippen molar-refractivity contribution in [1.29, 1.82) is 0 Å². The predicted octanol–water partition coefficient (Wildman–Crippen LogP) is 0.581. The zero-order chi connectivity index (χ0) is 14.3. The predicted molar refractivity (Wildman–Crippen MR) is 73.9 cm³/mol. The molecule has 0 bridgehead atoms. The minimum atomic E-state index is -0.434. The van der Waals surface area contributed by atoms with Crippen molar-refractivity contribution in [2.24, 2.45) is 5.73 Å². The molecule has 0 aliphatic rings. The maximum Gasteiger partial charge on any atom is 0.248 e. The number of methoxy groups -OCH3 is 1. The van der Waals surface area contributed by atoms with E-state index in [-0.39, 0.29) is 0 Å². The Morgan fingerprint density at radius 1 is 1.53 bits per heavy atom. The van der Waals surface area contributed by atoms with Gasteiger partial charge in [0.1, 0.15) is 0 Å². The Balaban J connectivity index is 2.39. The molecule has 1 atom stereocenters. The number of primary amides is 1. The van der Waals surface area contributed by atoms with Gasteiger partial charge in [0.05, 0.1) is 12.7 Å². The lowest BCUT2D eigenvalue weighted by molar-refractivity contribution is 0.0594. The maximum absolute atomic E-state index is 11.0. The van der Waals surface area contributed by atoms with Crippen LogP contribution >= 0.6 is 0 Å². The minimum Gasteiger partial charge on any atom is -0.391 e. The van der Waals surface area contributed by atoms with Gasteiger partial charge in [0, 0.05) is 19.2 Å². The highest BCUT2D eigenvalue weighted by Gasteiger charge is 2.05. The second kappa shape index (κ2) is 7.89. The molecule has 5 nitrogen and oxygen atoms in total. The molecule has 0 aliphatic heterocycles. The van der Waals surface area contributed by atoms with E-state index in [4.69, 9.17) is 10.5 Å². The first kappa shape index (κ1) is 15.6. The summed E-state index contributed by atoms with van der Waals surface area (Å²) >= 11 is 0. The van der Waals surface area contributed by atoms with Crippen LogP contribution in [0.15, 0.2) is 18.2 Å². The largest absolute Gasteiger partial charge is 0.391 e. The highest BCUT2D eigenvalue weighted by Crippen LogP contribution is 2.10. The molecule has 0 fully saturated rings. The van der Waals surface area contributed by atoms with Crippen LogP contribution in [0.25, 0.3) is 0 Å². The molecular formula is C14H22N2O3. The van der Waals surface area contributed by atoms with Crippen molar-refractivity contribution in [2.45, 2.75) is 26.0 Å². The zero-order valence-electron chi connectivity index (χ0n) is 11.5. The molecule has 4 N–H and O–H groups in total. The molecule has 5 heteroatoms. The first-order valence-corrected chi connectivity index (χ1v) is 6.31. The molecule has 1 aromatic carbocycles. The average molecular weight is 266 g/mol. The van der Waals surface area contributed by atoms with E-state index in [2.05, 4.69) is 5.32 Å². The summed E-state index contributed by atoms with van der Waals surface area (Å²) < 4.78 is 4.85. The van der Waals surface area contributed by atoms with Crippen molar-refractivity contribution in [3.05, 3.63) is 34.9 Å². The van der Waals surface area contributed by atoms with Crippen LogP contribution in [0.3, 0.4) is 0 Å². The van der Waals surface area contributed by atoms with E-state index in [9.17, 15) is 9.90 Å². The number of nitrogens with one attached hydrogen (secondary N) is 1. The van der Waals surface area contributed by atoms with Crippen molar-refractivity contribution in [2.75, 3.05) is 20.3 Å². The van der Waals surface area contributed by atoms with E-state index in [1.165, 1.54) is 0 Å². The third-order valence-corrected chi connectivity index (χ3v) is 2.96. The summed E-state index contributed by atoms with van der Waals surface area (Å²) in [6.45, 7) is 3.71. The zero-order valence-corrected chi connectivity index (χ0v) is 11.5. The summed E-state index contributed by atoms with van der Waals surface area (Å²) in [5.74, 6) is -0.412. The number of hydrogen-bond acceptors (Lipinski definition) is 4. The molecule has 1 rings (SSSR count). The minimum absolute atomic E-state index is 0.355. The van der Waals surface area contributed by atoms with E-state index in [0.29, 0.717) is 31.7 Å². The Labute approximate surface area is 113 Å². The quantitative estimate of drug-likeness (QED) is 0.601. The van der Waals surface area contributed by atoms with E-state index in [1.54, 1.807) is 19.2 Å². The van der Waals surface area contributed by atoms with Gasteiger partial charge < -0.3 is 20.9 Å². The summed E-state index contributed by atoms with van der Waals surface area (Å²) in [4.78, 5) is 11.0. The monoisotopic (exact) mass is 266 g/mol. The van der Waals surface area contributed by atoms with Crippen molar-refractivity contribution in [1.82, 2.24) is 5.32 Å². The number of carbonyl (C=O) groups is 1. The van der Waals surface area contributed by atoms with Crippen molar-refractivity contribution < 1.29 is 14.6 Å². The Bertz CT molecular complexity index is 421. The fraction of sp³-hybridized carbons (Fsp3) is 0.500. The number of aliphatic hydroxyl groups is 1. The van der Waals surface area contributed by atoms with Gasteiger partial charge in [0.15, 0.2) is 0 Å². The molecule has 0 saturated carbocycles. The summed E-state index contributed by atoms with van der Waals surface area (Å²) in [5, 5.41) is 12.7. The van der Waals surface area contributed by atoms with Crippen molar-refractivity contribution >= 4 is 5.91 Å². The van der Waals surface area contributed by atoms with E-state index < -0.39 is 12.0 Å². The Morgan fingerprint density at radius 2 is 2.26 bits per heavy atom. The van der Waals surface area contributed by atoms with Gasteiger partial charge in [-0.3, -0.25) is 4.79 Å². The van der Waals surface area contributed by atoms with Gasteiger partial charge in [-0.05, 0) is 43.1 Å². The number of amides is 1. The molecular weight excluding hydrogens is 244 g/mol. The lowest BCUT2D eigenvalue weighted by atomic mass is 10.0. The second-order valence-corrected chi connectivity index (χ2v) is 4.58. The molecule has 0 aromatic heterocycles. The van der Waals surface area contributed by atoms with Crippen LogP contribution in [0.5, 0.6) is 0 Å². The summed E-state index contributed by atoms with van der Waals surface area (Å²) in [5.41, 5.74) is 7.89. The van der Waals surface area contributed by atoms with Gasteiger partial charge in [-0.25, -0.2) is 0 Å². The molecule has 0 aliphatic carbocycles. The van der Waals surface area contributed by atoms with Crippen LogP contribution in [0.1, 0.15) is 27.9 Å². The van der Waals surface area contributed by atoms with Crippen LogP contribution in [-0.2, 0) is 11.3 Å². The maximum atomic E-state index is 11.0. The van der Waals surface area contributed by atoms with E-state index in [0.717, 1.165) is 11.1 Å². The number of aryl methyl sites for hydroxylation is 1. The van der Waals surface area contributed by atoms with Crippen molar-refractivity contribution in [3.63, 3.8) is 0 Å². The number of aliphatic hydroxyl groups excluding tert-OH is 1. The second-order valence-electron chi connectivity index (χ2n) is 4.58. The fourth-order valence-corrected chi connectivity index (χ4v) is 1.81. The average Bonchev–Trinajstić information content (AvgIpc) is 2.36. The molecule has 1 aromatic rings. The number of ether oxygens (including phenoxy) is 1. The van der Waals surface area contributed by atoms with Crippen molar-refractivity contribution in [3.8, 4) is 0 Å². The fourth-order valence-electron chi connectivity index (χ4n) is 1.81. The Hall–Kier alpha value is -1.43. The molecule has 19 heavy (non-hydrogen) atoms. The normalized spacial score (nSPS) is 12.4. The Morgan fingerprint density at radius 3 is 2.84 bits per heavy atom. The topological polar surface area (TPSA) is 84.6 Å². The van der Waals surface area contributed by atoms with Crippen LogP contribution in [0, 0.1) is 6.92 Å². The van der Waals surface area contributed by atoms with Crippen LogP contribution in [0.2, 0.25) is 0 Å². The first-order chi connectivity index (χ1) is 9.04. The molecule has 0 radical (unpaired) electrons. The number of hydrogen-bond donors (Lipinski definition) is 3. The SMILES string of the molecule is COCC(O)CCNCc1ccc(C(N)=O)cc1C. The summed E-state index contributed by atoms with van der Waals surface area (Å²) in [6, 6.07) is 5.42. The van der Waals surface area contributed by atoms with Gasteiger partial charge in [-0.1, -0.05) is 6.07 Å². The number of rotatable bonds is 8. The van der Waals surface area contributed by atoms with Gasteiger partial charge in [0.25, 0.3) is 0 Å². The van der Waals surface area contributed by atoms with Crippen LogP contribution in [-0.4, -0.2) is 37.4 Å². The molecule has 1 unspecified atom stereocenters. The van der Waals surface area contributed by atoms with Crippen LogP contribution in [0.4, 0.5) is 0 Å². The van der Waals surface area contributed by atoms with Gasteiger partial charge >= 0.3 is 0 Å². The molecule has 0 saturated heterocycles. The summed E-state index contributed by atoms with van der Waals surface area (Å²) in [7, 11) is 1.57. The number of carbonyl (C=O) groups excluding carboxylic acids is 1. The highest BCUT2D eigenvalue weighted by molar-refractivity contribution is 5.93. The molecule has 0 spiro atoms. The van der Waals surface area contributed by atoms with Crippen LogP contribution < -0.4 is 11.1 Å². The molecule has 1 amide bonds. The number of nitrogens with two attached hydrogens (primary N) is 1. The smallest absolute Gasteiger partial charge is 0.248 e. The standard InChI is InChI=1S/C14H22N2O3/c1-10-7-11(14(15)18)3-4-12(10)8-16-6-5-13(17)9-19-2/h3-4,7,13,16-17H,5-6,8-9H2,1-2H3,(H2,15,18). The van der Waals surface area contributed by atoms with Gasteiger partial charge in [0.2, 0.25) is 5.91 Å². The van der Waals surface area contributed by atoms with E-state index >= 15 is 0 Å². The third kappa shape index (κ3) is 5.38. The van der Waals surface area contributed by atoms with Gasteiger partial charge in [-0.15, -0.1) is 0 Å². The lowest BCUT2D eigenvalue weighted by Gasteiger charge is -2.11. The summed E-state index contributed by atoms with van der Waals surface area (Å²) in [6.07, 6.45) is 0.211. The third-order valence-electron chi connectivity index (χ3n) is 2.96. The molecule has 0 heterocycles. The lowest BCUT2D eigenvalue weighted by Crippen LogP contribution is -2.23.